The molecule has 0 saturated heterocycles. The SMILES string of the molecule is O=C(NC1COc2ccccc2C1)c1ccc2c(ccn2Cc2ccc(F)cc2F)c1. The molecule has 0 radical (unpaired) electrons. The minimum absolute atomic E-state index is 0.0934. The summed E-state index contributed by atoms with van der Waals surface area (Å²) < 4.78 is 34.8. The van der Waals surface area contributed by atoms with Crippen molar-refractivity contribution in [2.24, 2.45) is 0 Å². The number of carbonyl (C=O) groups is 1. The van der Waals surface area contributed by atoms with Crippen molar-refractivity contribution in [3.63, 3.8) is 0 Å². The Morgan fingerprint density at radius 3 is 2.81 bits per heavy atom. The molecule has 2 heterocycles. The summed E-state index contributed by atoms with van der Waals surface area (Å²) in [7, 11) is 0. The summed E-state index contributed by atoms with van der Waals surface area (Å²) in [5.74, 6) is -0.462. The molecule has 31 heavy (non-hydrogen) atoms. The van der Waals surface area contributed by atoms with Gasteiger partial charge in [0.2, 0.25) is 0 Å². The van der Waals surface area contributed by atoms with Gasteiger partial charge in [-0.3, -0.25) is 4.79 Å². The average Bonchev–Trinajstić information content (AvgIpc) is 3.17. The summed E-state index contributed by atoms with van der Waals surface area (Å²) in [4.78, 5) is 12.8. The Balaban J connectivity index is 1.32. The molecule has 1 unspecified atom stereocenters. The molecular formula is C25H20F2N2O2. The van der Waals surface area contributed by atoms with Crippen LogP contribution in [0.1, 0.15) is 21.5 Å². The molecule has 1 aromatic heterocycles. The van der Waals surface area contributed by atoms with Gasteiger partial charge in [0.15, 0.2) is 0 Å². The van der Waals surface area contributed by atoms with Crippen LogP contribution in [-0.2, 0) is 13.0 Å². The van der Waals surface area contributed by atoms with E-state index < -0.39 is 11.6 Å². The van der Waals surface area contributed by atoms with Gasteiger partial charge in [0.05, 0.1) is 12.6 Å². The van der Waals surface area contributed by atoms with Crippen LogP contribution in [0.5, 0.6) is 5.75 Å². The third kappa shape index (κ3) is 3.89. The molecule has 1 aliphatic heterocycles. The number of carbonyl (C=O) groups excluding carboxylic acids is 1. The molecule has 1 N–H and O–H groups in total. The van der Waals surface area contributed by atoms with Crippen LogP contribution in [0, 0.1) is 11.6 Å². The number of rotatable bonds is 4. The Labute approximate surface area is 178 Å². The number of hydrogen-bond donors (Lipinski definition) is 1. The molecule has 6 heteroatoms. The minimum atomic E-state index is -0.596. The molecule has 4 aromatic rings. The van der Waals surface area contributed by atoms with Crippen molar-refractivity contribution in [3.05, 3.63) is 101 Å². The highest BCUT2D eigenvalue weighted by Gasteiger charge is 2.21. The first-order valence-electron chi connectivity index (χ1n) is 10.1. The number of para-hydroxylation sites is 1. The standard InChI is InChI=1S/C25H20F2N2O2/c26-20-7-5-19(22(27)13-20)14-29-10-9-16-11-18(6-8-23(16)29)25(30)28-21-12-17-3-1-2-4-24(17)31-15-21/h1-11,13,21H,12,14-15H2,(H,28,30). The molecule has 4 nitrogen and oxygen atoms in total. The van der Waals surface area contributed by atoms with Crippen LogP contribution >= 0.6 is 0 Å². The van der Waals surface area contributed by atoms with E-state index in [-0.39, 0.29) is 18.5 Å². The Morgan fingerprint density at radius 1 is 1.06 bits per heavy atom. The van der Waals surface area contributed by atoms with Crippen molar-refractivity contribution >= 4 is 16.8 Å². The summed E-state index contributed by atoms with van der Waals surface area (Å²) in [6.07, 6.45) is 2.56. The van der Waals surface area contributed by atoms with Gasteiger partial charge < -0.3 is 14.6 Å². The average molecular weight is 418 g/mol. The van der Waals surface area contributed by atoms with E-state index in [1.165, 1.54) is 12.1 Å². The van der Waals surface area contributed by atoms with Crippen molar-refractivity contribution in [1.29, 1.82) is 0 Å². The number of halogens is 2. The molecule has 0 fully saturated rings. The summed E-state index contributed by atoms with van der Waals surface area (Å²) in [6, 6.07) is 18.6. The Morgan fingerprint density at radius 2 is 1.94 bits per heavy atom. The van der Waals surface area contributed by atoms with Crippen molar-refractivity contribution in [2.75, 3.05) is 6.61 Å². The number of fused-ring (bicyclic) bond motifs is 2. The van der Waals surface area contributed by atoms with Gasteiger partial charge in [0.1, 0.15) is 24.0 Å². The van der Waals surface area contributed by atoms with E-state index in [2.05, 4.69) is 5.32 Å². The third-order valence-electron chi connectivity index (χ3n) is 5.60. The van der Waals surface area contributed by atoms with Gasteiger partial charge in [-0.25, -0.2) is 8.78 Å². The van der Waals surface area contributed by atoms with E-state index in [0.717, 1.165) is 34.7 Å². The largest absolute Gasteiger partial charge is 0.491 e. The molecule has 5 rings (SSSR count). The molecular weight excluding hydrogens is 398 g/mol. The van der Waals surface area contributed by atoms with Crippen molar-refractivity contribution in [1.82, 2.24) is 9.88 Å². The van der Waals surface area contributed by atoms with Gasteiger partial charge in [0, 0.05) is 34.3 Å². The normalized spacial score (nSPS) is 15.4. The molecule has 0 bridgehead atoms. The highest BCUT2D eigenvalue weighted by atomic mass is 19.1. The summed E-state index contributed by atoms with van der Waals surface area (Å²) in [5.41, 5.74) is 2.91. The van der Waals surface area contributed by atoms with Crippen molar-refractivity contribution in [3.8, 4) is 5.75 Å². The van der Waals surface area contributed by atoms with E-state index in [0.29, 0.717) is 17.7 Å². The van der Waals surface area contributed by atoms with Crippen LogP contribution < -0.4 is 10.1 Å². The maximum atomic E-state index is 14.0. The molecule has 1 amide bonds. The minimum Gasteiger partial charge on any atom is -0.491 e. The van der Waals surface area contributed by atoms with Crippen LogP contribution in [0.2, 0.25) is 0 Å². The molecule has 1 atom stereocenters. The summed E-state index contributed by atoms with van der Waals surface area (Å²) >= 11 is 0. The summed E-state index contributed by atoms with van der Waals surface area (Å²) in [5, 5.41) is 3.92. The predicted molar refractivity (Wildman–Crippen MR) is 114 cm³/mol. The summed E-state index contributed by atoms with van der Waals surface area (Å²) in [6.45, 7) is 0.713. The zero-order chi connectivity index (χ0) is 21.4. The van der Waals surface area contributed by atoms with Crippen LogP contribution in [0.25, 0.3) is 10.9 Å². The van der Waals surface area contributed by atoms with Crippen LogP contribution in [-0.4, -0.2) is 23.1 Å². The maximum absolute atomic E-state index is 14.0. The highest BCUT2D eigenvalue weighted by molar-refractivity contribution is 5.98. The highest BCUT2D eigenvalue weighted by Crippen LogP contribution is 2.25. The number of aromatic nitrogens is 1. The molecule has 0 aliphatic carbocycles. The lowest BCUT2D eigenvalue weighted by molar-refractivity contribution is 0.0915. The lowest BCUT2D eigenvalue weighted by atomic mass is 10.0. The van der Waals surface area contributed by atoms with E-state index in [1.54, 1.807) is 6.07 Å². The smallest absolute Gasteiger partial charge is 0.251 e. The van der Waals surface area contributed by atoms with Gasteiger partial charge in [-0.15, -0.1) is 0 Å². The van der Waals surface area contributed by atoms with Crippen molar-refractivity contribution in [2.45, 2.75) is 19.0 Å². The first kappa shape index (κ1) is 19.3. The van der Waals surface area contributed by atoms with E-state index >= 15 is 0 Å². The fraction of sp³-hybridized carbons (Fsp3) is 0.160. The number of hydrogen-bond acceptors (Lipinski definition) is 2. The molecule has 1 aliphatic rings. The second-order valence-corrected chi connectivity index (χ2v) is 7.75. The number of amides is 1. The molecule has 0 spiro atoms. The van der Waals surface area contributed by atoms with Gasteiger partial charge >= 0.3 is 0 Å². The number of benzene rings is 3. The van der Waals surface area contributed by atoms with E-state index in [9.17, 15) is 13.6 Å². The lowest BCUT2D eigenvalue weighted by Crippen LogP contribution is -2.42. The van der Waals surface area contributed by atoms with Gasteiger partial charge in [-0.1, -0.05) is 24.3 Å². The molecule has 0 saturated carbocycles. The topological polar surface area (TPSA) is 43.3 Å². The lowest BCUT2D eigenvalue weighted by Gasteiger charge is -2.26. The Hall–Kier alpha value is -3.67. The fourth-order valence-electron chi connectivity index (χ4n) is 4.00. The zero-order valence-corrected chi connectivity index (χ0v) is 16.6. The van der Waals surface area contributed by atoms with Crippen LogP contribution in [0.3, 0.4) is 0 Å². The number of nitrogens with zero attached hydrogens (tertiary/aromatic N) is 1. The van der Waals surface area contributed by atoms with Crippen molar-refractivity contribution < 1.29 is 18.3 Å². The predicted octanol–water partition coefficient (Wildman–Crippen LogP) is 4.70. The quantitative estimate of drug-likeness (QED) is 0.522. The zero-order valence-electron chi connectivity index (χ0n) is 16.6. The number of ether oxygens (including phenoxy) is 1. The monoisotopic (exact) mass is 418 g/mol. The molecule has 156 valence electrons. The van der Waals surface area contributed by atoms with E-state index in [4.69, 9.17) is 4.74 Å². The number of nitrogens with one attached hydrogen (secondary N) is 1. The van der Waals surface area contributed by atoms with Gasteiger partial charge in [-0.2, -0.15) is 0 Å². The fourth-order valence-corrected chi connectivity index (χ4v) is 4.00. The molecule has 3 aromatic carbocycles. The Bertz CT molecular complexity index is 1280. The van der Waals surface area contributed by atoms with E-state index in [1.807, 2.05) is 53.2 Å². The first-order chi connectivity index (χ1) is 15.1. The second kappa shape index (κ2) is 7.87. The van der Waals surface area contributed by atoms with Gasteiger partial charge in [0.25, 0.3) is 5.91 Å². The van der Waals surface area contributed by atoms with Gasteiger partial charge in [-0.05, 0) is 48.4 Å². The van der Waals surface area contributed by atoms with Crippen LogP contribution in [0.4, 0.5) is 8.78 Å². The Kier molecular flexibility index (Phi) is 4.90. The third-order valence-corrected chi connectivity index (χ3v) is 5.60. The first-order valence-corrected chi connectivity index (χ1v) is 10.1. The maximum Gasteiger partial charge on any atom is 0.251 e. The second-order valence-electron chi connectivity index (χ2n) is 7.75. The van der Waals surface area contributed by atoms with Crippen LogP contribution in [0.15, 0.2) is 72.9 Å².